The standard InChI is InChI=1S/C14H23NOS/c1-17-3-2-13(16)15-14-7-10-4-11(8-14)6-12(5-10)9-14/h10-12H,2-9H2,1H3,(H,15,16). The Labute approximate surface area is 108 Å². The molecule has 4 bridgehead atoms. The number of thioether (sulfide) groups is 1. The van der Waals surface area contributed by atoms with E-state index >= 15 is 0 Å². The van der Waals surface area contributed by atoms with Crippen LogP contribution >= 0.6 is 11.8 Å². The van der Waals surface area contributed by atoms with Gasteiger partial charge in [-0.3, -0.25) is 4.79 Å². The number of carbonyl (C=O) groups excluding carboxylic acids is 1. The molecule has 0 aromatic carbocycles. The Morgan fingerprint density at radius 1 is 1.18 bits per heavy atom. The van der Waals surface area contributed by atoms with Crippen molar-refractivity contribution in [3.05, 3.63) is 0 Å². The van der Waals surface area contributed by atoms with Crippen LogP contribution in [0.1, 0.15) is 44.9 Å². The fourth-order valence-electron chi connectivity index (χ4n) is 4.82. The van der Waals surface area contributed by atoms with Gasteiger partial charge in [-0.25, -0.2) is 0 Å². The smallest absolute Gasteiger partial charge is 0.221 e. The van der Waals surface area contributed by atoms with E-state index in [-0.39, 0.29) is 5.54 Å². The molecule has 0 aromatic rings. The molecule has 0 heterocycles. The van der Waals surface area contributed by atoms with Crippen molar-refractivity contribution < 1.29 is 4.79 Å². The van der Waals surface area contributed by atoms with Gasteiger partial charge in [-0.1, -0.05) is 0 Å². The van der Waals surface area contributed by atoms with Crippen LogP contribution in [0, 0.1) is 17.8 Å². The third kappa shape index (κ3) is 2.35. The Kier molecular flexibility index (Phi) is 3.14. The molecular formula is C14H23NOS. The van der Waals surface area contributed by atoms with Gasteiger partial charge >= 0.3 is 0 Å². The summed E-state index contributed by atoms with van der Waals surface area (Å²) in [6.45, 7) is 0. The molecule has 0 radical (unpaired) electrons. The molecule has 1 N–H and O–H groups in total. The van der Waals surface area contributed by atoms with E-state index in [2.05, 4.69) is 11.6 Å². The third-order valence-electron chi connectivity index (χ3n) is 4.98. The van der Waals surface area contributed by atoms with Crippen molar-refractivity contribution in [1.82, 2.24) is 5.32 Å². The van der Waals surface area contributed by atoms with E-state index in [1.54, 1.807) is 11.8 Å². The largest absolute Gasteiger partial charge is 0.351 e. The molecule has 0 aliphatic heterocycles. The van der Waals surface area contributed by atoms with E-state index in [4.69, 9.17) is 0 Å². The number of carbonyl (C=O) groups is 1. The van der Waals surface area contributed by atoms with Gasteiger partial charge in [-0.2, -0.15) is 11.8 Å². The van der Waals surface area contributed by atoms with E-state index in [9.17, 15) is 4.79 Å². The van der Waals surface area contributed by atoms with Gasteiger partial charge in [0.15, 0.2) is 0 Å². The lowest BCUT2D eigenvalue weighted by molar-refractivity contribution is -0.126. The van der Waals surface area contributed by atoms with Gasteiger partial charge in [-0.05, 0) is 62.5 Å². The summed E-state index contributed by atoms with van der Waals surface area (Å²) in [5.74, 6) is 4.01. The number of amides is 1. The second-order valence-electron chi connectivity index (χ2n) is 6.49. The van der Waals surface area contributed by atoms with Crippen molar-refractivity contribution in [3.63, 3.8) is 0 Å². The van der Waals surface area contributed by atoms with Crippen molar-refractivity contribution >= 4 is 17.7 Å². The number of nitrogens with one attached hydrogen (secondary N) is 1. The lowest BCUT2D eigenvalue weighted by Crippen LogP contribution is -2.59. The molecule has 4 rings (SSSR count). The summed E-state index contributed by atoms with van der Waals surface area (Å²) in [7, 11) is 0. The average Bonchev–Trinajstić information content (AvgIpc) is 2.23. The second-order valence-corrected chi connectivity index (χ2v) is 7.47. The van der Waals surface area contributed by atoms with E-state index in [0.717, 1.165) is 23.5 Å². The minimum absolute atomic E-state index is 0.213. The molecular weight excluding hydrogens is 230 g/mol. The Bertz CT molecular complexity index is 280. The number of hydrogen-bond acceptors (Lipinski definition) is 2. The predicted octanol–water partition coefficient (Wildman–Crippen LogP) is 2.82. The molecule has 4 aliphatic carbocycles. The quantitative estimate of drug-likeness (QED) is 0.834. The zero-order valence-corrected chi connectivity index (χ0v) is 11.5. The average molecular weight is 253 g/mol. The van der Waals surface area contributed by atoms with Crippen LogP contribution in [0.15, 0.2) is 0 Å². The van der Waals surface area contributed by atoms with Gasteiger partial charge in [0, 0.05) is 17.7 Å². The Morgan fingerprint density at radius 3 is 2.18 bits per heavy atom. The molecule has 3 heteroatoms. The highest BCUT2D eigenvalue weighted by molar-refractivity contribution is 7.98. The third-order valence-corrected chi connectivity index (χ3v) is 5.59. The van der Waals surface area contributed by atoms with Crippen LogP contribution in [-0.4, -0.2) is 23.5 Å². The monoisotopic (exact) mass is 253 g/mol. The highest BCUT2D eigenvalue weighted by atomic mass is 32.2. The molecule has 2 nitrogen and oxygen atoms in total. The molecule has 96 valence electrons. The van der Waals surface area contributed by atoms with Gasteiger partial charge in [0.05, 0.1) is 0 Å². The van der Waals surface area contributed by atoms with E-state index in [0.29, 0.717) is 12.3 Å². The molecule has 4 fully saturated rings. The number of hydrogen-bond donors (Lipinski definition) is 1. The van der Waals surface area contributed by atoms with E-state index in [1.165, 1.54) is 38.5 Å². The molecule has 0 atom stereocenters. The molecule has 4 aliphatic rings. The normalized spacial score (nSPS) is 42.8. The maximum atomic E-state index is 12.0. The molecule has 17 heavy (non-hydrogen) atoms. The fourth-order valence-corrected chi connectivity index (χ4v) is 5.21. The maximum Gasteiger partial charge on any atom is 0.221 e. The van der Waals surface area contributed by atoms with Crippen molar-refractivity contribution in [1.29, 1.82) is 0 Å². The van der Waals surface area contributed by atoms with Gasteiger partial charge in [0.25, 0.3) is 0 Å². The summed E-state index contributed by atoms with van der Waals surface area (Å²) in [4.78, 5) is 12.0. The van der Waals surface area contributed by atoms with Gasteiger partial charge < -0.3 is 5.32 Å². The van der Waals surface area contributed by atoms with Crippen LogP contribution in [0.2, 0.25) is 0 Å². The highest BCUT2D eigenvalue weighted by Crippen LogP contribution is 2.55. The van der Waals surface area contributed by atoms with Crippen molar-refractivity contribution in [2.75, 3.05) is 12.0 Å². The molecule has 0 unspecified atom stereocenters. The zero-order valence-electron chi connectivity index (χ0n) is 10.7. The lowest BCUT2D eigenvalue weighted by atomic mass is 9.53. The van der Waals surface area contributed by atoms with Crippen LogP contribution in [0.5, 0.6) is 0 Å². The first-order valence-corrected chi connectivity index (χ1v) is 8.38. The van der Waals surface area contributed by atoms with Gasteiger partial charge in [0.1, 0.15) is 0 Å². The first-order valence-electron chi connectivity index (χ1n) is 6.99. The van der Waals surface area contributed by atoms with Crippen LogP contribution in [-0.2, 0) is 4.79 Å². The van der Waals surface area contributed by atoms with Gasteiger partial charge in [-0.15, -0.1) is 0 Å². The Balaban J connectivity index is 1.64. The van der Waals surface area contributed by atoms with E-state index < -0.39 is 0 Å². The summed E-state index contributed by atoms with van der Waals surface area (Å²) in [5.41, 5.74) is 0.213. The predicted molar refractivity (Wildman–Crippen MR) is 72.0 cm³/mol. The highest BCUT2D eigenvalue weighted by Gasteiger charge is 2.51. The van der Waals surface area contributed by atoms with Crippen LogP contribution in [0.25, 0.3) is 0 Å². The van der Waals surface area contributed by atoms with E-state index in [1.807, 2.05) is 0 Å². The molecule has 0 saturated heterocycles. The minimum atomic E-state index is 0.213. The first kappa shape index (κ1) is 11.9. The molecule has 4 saturated carbocycles. The second kappa shape index (κ2) is 4.49. The summed E-state index contributed by atoms with van der Waals surface area (Å²) in [6.07, 6.45) is 10.9. The van der Waals surface area contributed by atoms with Crippen LogP contribution in [0.3, 0.4) is 0 Å². The first-order chi connectivity index (χ1) is 8.19. The summed E-state index contributed by atoms with van der Waals surface area (Å²) >= 11 is 1.76. The summed E-state index contributed by atoms with van der Waals surface area (Å²) in [6, 6.07) is 0. The Morgan fingerprint density at radius 2 is 1.71 bits per heavy atom. The zero-order chi connectivity index (χ0) is 11.9. The topological polar surface area (TPSA) is 29.1 Å². The molecule has 1 amide bonds. The molecule has 0 spiro atoms. The van der Waals surface area contributed by atoms with Crippen LogP contribution in [0.4, 0.5) is 0 Å². The summed E-state index contributed by atoms with van der Waals surface area (Å²) in [5, 5.41) is 3.41. The minimum Gasteiger partial charge on any atom is -0.351 e. The lowest BCUT2D eigenvalue weighted by Gasteiger charge is -2.56. The summed E-state index contributed by atoms with van der Waals surface area (Å²) < 4.78 is 0. The Hall–Kier alpha value is -0.180. The van der Waals surface area contributed by atoms with Crippen molar-refractivity contribution in [2.24, 2.45) is 17.8 Å². The van der Waals surface area contributed by atoms with Crippen molar-refractivity contribution in [2.45, 2.75) is 50.5 Å². The maximum absolute atomic E-state index is 12.0. The molecule has 0 aromatic heterocycles. The fraction of sp³-hybridized carbons (Fsp3) is 0.929. The SMILES string of the molecule is CSCCC(=O)NC12CC3CC(CC(C3)C1)C2. The van der Waals surface area contributed by atoms with Crippen molar-refractivity contribution in [3.8, 4) is 0 Å². The van der Waals surface area contributed by atoms with Gasteiger partial charge in [0.2, 0.25) is 5.91 Å². The van der Waals surface area contributed by atoms with Crippen LogP contribution < -0.4 is 5.32 Å². The number of rotatable bonds is 4.